The van der Waals surface area contributed by atoms with Crippen molar-refractivity contribution in [3.8, 4) is 0 Å². The first-order chi connectivity index (χ1) is 9.52. The van der Waals surface area contributed by atoms with E-state index in [0.29, 0.717) is 13.0 Å². The fourth-order valence-electron chi connectivity index (χ4n) is 1.53. The predicted molar refractivity (Wildman–Crippen MR) is 75.0 cm³/mol. The summed E-state index contributed by atoms with van der Waals surface area (Å²) in [5, 5.41) is 16.9. The number of nitrogens with zero attached hydrogens (tertiary/aromatic N) is 1. The normalized spacial score (nSPS) is 11.9. The number of rotatable bonds is 8. The molecule has 0 aliphatic heterocycles. The van der Waals surface area contributed by atoms with Crippen molar-refractivity contribution in [2.24, 2.45) is 0 Å². The Morgan fingerprint density at radius 3 is 2.85 bits per heavy atom. The highest BCUT2D eigenvalue weighted by atomic mass is 32.1. The number of aliphatic carboxylic acids is 1. The SMILES string of the molecule is COCCC(NC(=O)NCCc1csc(C)n1)C(=O)O. The molecule has 3 N–H and O–H groups in total. The summed E-state index contributed by atoms with van der Waals surface area (Å²) < 4.78 is 4.80. The van der Waals surface area contributed by atoms with Crippen LogP contribution in [0.15, 0.2) is 5.38 Å². The Morgan fingerprint density at radius 1 is 1.55 bits per heavy atom. The zero-order valence-electron chi connectivity index (χ0n) is 11.5. The fraction of sp³-hybridized carbons (Fsp3) is 0.583. The molecule has 0 aliphatic carbocycles. The summed E-state index contributed by atoms with van der Waals surface area (Å²) in [5.41, 5.74) is 0.918. The second-order valence-electron chi connectivity index (χ2n) is 4.18. The van der Waals surface area contributed by atoms with Gasteiger partial charge in [0, 0.05) is 38.5 Å². The Kier molecular flexibility index (Phi) is 6.96. The molecule has 7 nitrogen and oxygen atoms in total. The van der Waals surface area contributed by atoms with E-state index >= 15 is 0 Å². The van der Waals surface area contributed by atoms with E-state index in [4.69, 9.17) is 9.84 Å². The van der Waals surface area contributed by atoms with Gasteiger partial charge in [-0.25, -0.2) is 14.6 Å². The number of carbonyl (C=O) groups excluding carboxylic acids is 1. The quantitative estimate of drug-likeness (QED) is 0.659. The van der Waals surface area contributed by atoms with Crippen LogP contribution in [0.4, 0.5) is 4.79 Å². The Labute approximate surface area is 121 Å². The highest BCUT2D eigenvalue weighted by Gasteiger charge is 2.19. The Balaban J connectivity index is 2.28. The van der Waals surface area contributed by atoms with Gasteiger partial charge in [-0.1, -0.05) is 0 Å². The van der Waals surface area contributed by atoms with Crippen LogP contribution in [0.3, 0.4) is 0 Å². The third-order valence-electron chi connectivity index (χ3n) is 2.55. The van der Waals surface area contributed by atoms with Crippen molar-refractivity contribution in [2.45, 2.75) is 25.8 Å². The van der Waals surface area contributed by atoms with Gasteiger partial charge in [0.1, 0.15) is 6.04 Å². The number of aromatic nitrogens is 1. The summed E-state index contributed by atoms with van der Waals surface area (Å²) in [7, 11) is 1.48. The maximum atomic E-state index is 11.6. The van der Waals surface area contributed by atoms with Crippen molar-refractivity contribution < 1.29 is 19.4 Å². The van der Waals surface area contributed by atoms with Crippen molar-refractivity contribution >= 4 is 23.3 Å². The molecule has 0 saturated carbocycles. The molecule has 1 rings (SSSR count). The standard InChI is InChI=1S/C12H19N3O4S/c1-8-14-9(7-20-8)3-5-13-12(18)15-10(11(16)17)4-6-19-2/h7,10H,3-6H2,1-2H3,(H,16,17)(H2,13,15,18). The van der Waals surface area contributed by atoms with E-state index < -0.39 is 18.0 Å². The first-order valence-corrected chi connectivity index (χ1v) is 7.08. The highest BCUT2D eigenvalue weighted by molar-refractivity contribution is 7.09. The average Bonchev–Trinajstić information content (AvgIpc) is 2.80. The molecule has 0 saturated heterocycles. The lowest BCUT2D eigenvalue weighted by Crippen LogP contribution is -2.46. The van der Waals surface area contributed by atoms with E-state index in [1.54, 1.807) is 11.3 Å². The van der Waals surface area contributed by atoms with Crippen molar-refractivity contribution in [3.05, 3.63) is 16.1 Å². The van der Waals surface area contributed by atoms with Crippen LogP contribution in [0.5, 0.6) is 0 Å². The van der Waals surface area contributed by atoms with Crippen molar-refractivity contribution in [2.75, 3.05) is 20.3 Å². The maximum Gasteiger partial charge on any atom is 0.326 e. The summed E-state index contributed by atoms with van der Waals surface area (Å²) >= 11 is 1.56. The number of aryl methyl sites for hydroxylation is 1. The molecular weight excluding hydrogens is 282 g/mol. The van der Waals surface area contributed by atoms with Crippen molar-refractivity contribution in [1.82, 2.24) is 15.6 Å². The molecule has 0 bridgehead atoms. The van der Waals surface area contributed by atoms with Gasteiger partial charge in [0.15, 0.2) is 0 Å². The minimum absolute atomic E-state index is 0.227. The van der Waals surface area contributed by atoms with E-state index in [0.717, 1.165) is 10.7 Å². The van der Waals surface area contributed by atoms with Gasteiger partial charge in [-0.2, -0.15) is 0 Å². The lowest BCUT2D eigenvalue weighted by molar-refractivity contribution is -0.139. The van der Waals surface area contributed by atoms with Crippen LogP contribution in [0.2, 0.25) is 0 Å². The number of carbonyl (C=O) groups is 2. The number of amides is 2. The summed E-state index contributed by atoms with van der Waals surface area (Å²) in [5.74, 6) is -1.08. The minimum atomic E-state index is -1.08. The number of carboxylic acid groups (broad SMARTS) is 1. The van der Waals surface area contributed by atoms with E-state index in [9.17, 15) is 9.59 Å². The van der Waals surface area contributed by atoms with Gasteiger partial charge in [-0.3, -0.25) is 0 Å². The molecule has 0 aliphatic rings. The van der Waals surface area contributed by atoms with Gasteiger partial charge >= 0.3 is 12.0 Å². The van der Waals surface area contributed by atoms with Gasteiger partial charge in [0.2, 0.25) is 0 Å². The molecule has 20 heavy (non-hydrogen) atoms. The number of thiazole rings is 1. The Hall–Kier alpha value is -1.67. The second kappa shape index (κ2) is 8.49. The molecule has 1 aromatic heterocycles. The van der Waals surface area contributed by atoms with Gasteiger partial charge in [-0.05, 0) is 6.92 Å². The van der Waals surface area contributed by atoms with Crippen LogP contribution >= 0.6 is 11.3 Å². The number of carboxylic acids is 1. The summed E-state index contributed by atoms with van der Waals surface area (Å²) in [4.78, 5) is 26.8. The fourth-order valence-corrected chi connectivity index (χ4v) is 2.18. The molecule has 0 aromatic carbocycles. The number of hydrogen-bond donors (Lipinski definition) is 3. The monoisotopic (exact) mass is 301 g/mol. The van der Waals surface area contributed by atoms with Gasteiger partial charge in [-0.15, -0.1) is 11.3 Å². The molecule has 0 fully saturated rings. The lowest BCUT2D eigenvalue weighted by atomic mass is 10.2. The Morgan fingerprint density at radius 2 is 2.30 bits per heavy atom. The predicted octanol–water partition coefficient (Wildman–Crippen LogP) is 0.783. The van der Waals surface area contributed by atoms with E-state index in [1.807, 2.05) is 12.3 Å². The van der Waals surface area contributed by atoms with Crippen LogP contribution in [0.25, 0.3) is 0 Å². The molecular formula is C12H19N3O4S. The first-order valence-electron chi connectivity index (χ1n) is 6.20. The van der Waals surface area contributed by atoms with Crippen molar-refractivity contribution in [1.29, 1.82) is 0 Å². The average molecular weight is 301 g/mol. The molecule has 1 heterocycles. The van der Waals surface area contributed by atoms with Crippen LogP contribution < -0.4 is 10.6 Å². The lowest BCUT2D eigenvalue weighted by Gasteiger charge is -2.14. The molecule has 1 atom stereocenters. The molecule has 2 amide bonds. The van der Waals surface area contributed by atoms with E-state index in [1.165, 1.54) is 7.11 Å². The van der Waals surface area contributed by atoms with E-state index in [2.05, 4.69) is 15.6 Å². The summed E-state index contributed by atoms with van der Waals surface area (Å²) in [6, 6.07) is -1.45. The summed E-state index contributed by atoms with van der Waals surface area (Å²) in [6.45, 7) is 2.60. The van der Waals surface area contributed by atoms with Crippen LogP contribution in [-0.2, 0) is 16.0 Å². The first kappa shape index (κ1) is 16.4. The minimum Gasteiger partial charge on any atom is -0.480 e. The van der Waals surface area contributed by atoms with Crippen LogP contribution in [-0.4, -0.2) is 48.4 Å². The molecule has 8 heteroatoms. The second-order valence-corrected chi connectivity index (χ2v) is 5.24. The zero-order chi connectivity index (χ0) is 15.0. The highest BCUT2D eigenvalue weighted by Crippen LogP contribution is 2.07. The molecule has 0 spiro atoms. The molecule has 112 valence electrons. The molecule has 1 unspecified atom stereocenters. The zero-order valence-corrected chi connectivity index (χ0v) is 12.3. The number of ether oxygens (including phenoxy) is 1. The Bertz CT molecular complexity index is 450. The number of hydrogen-bond acceptors (Lipinski definition) is 5. The third-order valence-corrected chi connectivity index (χ3v) is 3.37. The molecule has 1 aromatic rings. The molecule has 0 radical (unpaired) electrons. The van der Waals surface area contributed by atoms with Gasteiger partial charge in [0.25, 0.3) is 0 Å². The summed E-state index contributed by atoms with van der Waals surface area (Å²) in [6.07, 6.45) is 0.845. The van der Waals surface area contributed by atoms with Gasteiger partial charge in [0.05, 0.1) is 10.7 Å². The third kappa shape index (κ3) is 5.98. The number of methoxy groups -OCH3 is 1. The largest absolute Gasteiger partial charge is 0.480 e. The van der Waals surface area contributed by atoms with Crippen molar-refractivity contribution in [3.63, 3.8) is 0 Å². The number of urea groups is 1. The van der Waals surface area contributed by atoms with Crippen LogP contribution in [0, 0.1) is 6.92 Å². The number of nitrogens with one attached hydrogen (secondary N) is 2. The van der Waals surface area contributed by atoms with Gasteiger partial charge < -0.3 is 20.5 Å². The maximum absolute atomic E-state index is 11.6. The van der Waals surface area contributed by atoms with E-state index in [-0.39, 0.29) is 13.0 Å². The van der Waals surface area contributed by atoms with Crippen LogP contribution in [0.1, 0.15) is 17.1 Å². The topological polar surface area (TPSA) is 101 Å². The smallest absolute Gasteiger partial charge is 0.326 e.